The van der Waals surface area contributed by atoms with Crippen LogP contribution in [0.4, 0.5) is 10.1 Å². The van der Waals surface area contributed by atoms with Gasteiger partial charge in [0.05, 0.1) is 17.4 Å². The highest BCUT2D eigenvalue weighted by atomic mass is 32.2. The van der Waals surface area contributed by atoms with Crippen molar-refractivity contribution in [2.75, 3.05) is 5.32 Å². The van der Waals surface area contributed by atoms with E-state index in [1.165, 1.54) is 36.9 Å². The maximum Gasteiger partial charge on any atom is 0.254 e. The number of carbonyl (C=O) groups excluding carboxylic acids is 3. The molecule has 0 aliphatic rings. The van der Waals surface area contributed by atoms with Gasteiger partial charge in [-0.15, -0.1) is 10.2 Å². The average molecular weight is 470 g/mol. The van der Waals surface area contributed by atoms with Crippen molar-refractivity contribution in [3.05, 3.63) is 71.3 Å². The molecule has 1 atom stereocenters. The first-order chi connectivity index (χ1) is 15.8. The van der Waals surface area contributed by atoms with E-state index in [-0.39, 0.29) is 23.8 Å². The Morgan fingerprint density at radius 1 is 1.12 bits per heavy atom. The van der Waals surface area contributed by atoms with Crippen LogP contribution in [0.15, 0.2) is 53.7 Å². The van der Waals surface area contributed by atoms with Gasteiger partial charge in [-0.25, -0.2) is 4.39 Å². The van der Waals surface area contributed by atoms with Crippen LogP contribution >= 0.6 is 11.8 Å². The van der Waals surface area contributed by atoms with Crippen molar-refractivity contribution in [1.29, 1.82) is 0 Å². The zero-order valence-electron chi connectivity index (χ0n) is 18.5. The molecule has 33 heavy (non-hydrogen) atoms. The monoisotopic (exact) mass is 469 g/mol. The zero-order valence-corrected chi connectivity index (χ0v) is 19.3. The van der Waals surface area contributed by atoms with Crippen LogP contribution in [0.5, 0.6) is 0 Å². The van der Waals surface area contributed by atoms with Crippen molar-refractivity contribution < 1.29 is 18.8 Å². The molecule has 0 fully saturated rings. The third-order valence-corrected chi connectivity index (χ3v) is 6.30. The highest BCUT2D eigenvalue weighted by Crippen LogP contribution is 2.25. The van der Waals surface area contributed by atoms with Gasteiger partial charge in [0.25, 0.3) is 5.91 Å². The summed E-state index contributed by atoms with van der Waals surface area (Å²) in [6, 6.07) is 12.5. The SMILES string of the molecule is CC[C@H](Sc1nnc(CNC(=O)c2ccccc2F)n1C)C(=O)Nc1cccc(C(C)=O)c1. The summed E-state index contributed by atoms with van der Waals surface area (Å²) in [5.74, 6) is -0.993. The quantitative estimate of drug-likeness (QED) is 0.366. The predicted molar refractivity (Wildman–Crippen MR) is 124 cm³/mol. The van der Waals surface area contributed by atoms with Gasteiger partial charge in [0.1, 0.15) is 5.82 Å². The van der Waals surface area contributed by atoms with Crippen LogP contribution < -0.4 is 10.6 Å². The van der Waals surface area contributed by atoms with E-state index in [1.54, 1.807) is 41.9 Å². The number of hydrogen-bond acceptors (Lipinski definition) is 6. The smallest absolute Gasteiger partial charge is 0.254 e. The number of thioether (sulfide) groups is 1. The molecule has 0 aliphatic carbocycles. The number of ketones is 1. The van der Waals surface area contributed by atoms with Crippen LogP contribution in [0.25, 0.3) is 0 Å². The summed E-state index contributed by atoms with van der Waals surface area (Å²) in [6.45, 7) is 3.41. The van der Waals surface area contributed by atoms with Gasteiger partial charge in [0.15, 0.2) is 16.8 Å². The third-order valence-electron chi connectivity index (χ3n) is 4.90. The summed E-state index contributed by atoms with van der Waals surface area (Å²) in [5.41, 5.74) is 1.01. The van der Waals surface area contributed by atoms with Gasteiger partial charge in [0, 0.05) is 18.3 Å². The van der Waals surface area contributed by atoms with Crippen molar-refractivity contribution in [1.82, 2.24) is 20.1 Å². The fraction of sp³-hybridized carbons (Fsp3) is 0.261. The number of rotatable bonds is 9. The minimum atomic E-state index is -0.602. The summed E-state index contributed by atoms with van der Waals surface area (Å²) in [4.78, 5) is 36.6. The molecule has 3 aromatic rings. The lowest BCUT2D eigenvalue weighted by molar-refractivity contribution is -0.115. The molecule has 2 N–H and O–H groups in total. The Hall–Kier alpha value is -3.53. The van der Waals surface area contributed by atoms with E-state index in [0.717, 1.165) is 0 Å². The van der Waals surface area contributed by atoms with E-state index >= 15 is 0 Å². The Morgan fingerprint density at radius 3 is 2.58 bits per heavy atom. The zero-order chi connectivity index (χ0) is 24.0. The van der Waals surface area contributed by atoms with Gasteiger partial charge in [-0.05, 0) is 37.6 Å². The summed E-state index contributed by atoms with van der Waals surface area (Å²) in [5, 5.41) is 13.7. The second-order valence-corrected chi connectivity index (χ2v) is 8.43. The summed E-state index contributed by atoms with van der Waals surface area (Å²) in [7, 11) is 1.73. The van der Waals surface area contributed by atoms with Crippen molar-refractivity contribution >= 4 is 35.0 Å². The van der Waals surface area contributed by atoms with Crippen LogP contribution in [0.3, 0.4) is 0 Å². The molecule has 2 aromatic carbocycles. The Morgan fingerprint density at radius 2 is 1.88 bits per heavy atom. The first kappa shape index (κ1) is 24.1. The molecule has 10 heteroatoms. The molecule has 0 saturated heterocycles. The van der Waals surface area contributed by atoms with Crippen LogP contribution in [0, 0.1) is 5.82 Å². The number of hydrogen-bond donors (Lipinski definition) is 2. The van der Waals surface area contributed by atoms with Crippen molar-refractivity contribution in [2.45, 2.75) is 37.2 Å². The molecule has 2 amide bonds. The normalized spacial score (nSPS) is 11.6. The average Bonchev–Trinajstić information content (AvgIpc) is 3.15. The third kappa shape index (κ3) is 6.04. The molecule has 3 rings (SSSR count). The number of amides is 2. The minimum Gasteiger partial charge on any atom is -0.345 e. The van der Waals surface area contributed by atoms with Crippen LogP contribution in [-0.4, -0.2) is 37.6 Å². The first-order valence-electron chi connectivity index (χ1n) is 10.3. The lowest BCUT2D eigenvalue weighted by Crippen LogP contribution is -2.26. The van der Waals surface area contributed by atoms with Crippen LogP contribution in [-0.2, 0) is 18.4 Å². The number of benzene rings is 2. The molecule has 8 nitrogen and oxygen atoms in total. The highest BCUT2D eigenvalue weighted by Gasteiger charge is 2.22. The van der Waals surface area contributed by atoms with E-state index in [0.29, 0.717) is 28.7 Å². The van der Waals surface area contributed by atoms with Gasteiger partial charge in [0.2, 0.25) is 5.91 Å². The van der Waals surface area contributed by atoms with Crippen molar-refractivity contribution in [3.63, 3.8) is 0 Å². The Kier molecular flexibility index (Phi) is 7.94. The van der Waals surface area contributed by atoms with Gasteiger partial charge >= 0.3 is 0 Å². The number of nitrogens with zero attached hydrogens (tertiary/aromatic N) is 3. The fourth-order valence-electron chi connectivity index (χ4n) is 2.99. The van der Waals surface area contributed by atoms with E-state index in [4.69, 9.17) is 0 Å². The largest absolute Gasteiger partial charge is 0.345 e. The van der Waals surface area contributed by atoms with Crippen molar-refractivity contribution in [3.8, 4) is 0 Å². The number of nitrogens with one attached hydrogen (secondary N) is 2. The van der Waals surface area contributed by atoms with E-state index in [9.17, 15) is 18.8 Å². The van der Waals surface area contributed by atoms with E-state index in [2.05, 4.69) is 20.8 Å². The summed E-state index contributed by atoms with van der Waals surface area (Å²) in [6.07, 6.45) is 0.537. The van der Waals surface area contributed by atoms with E-state index in [1.807, 2.05) is 6.92 Å². The second kappa shape index (κ2) is 10.9. The molecular formula is C23H24FN5O3S. The van der Waals surface area contributed by atoms with Crippen LogP contribution in [0.1, 0.15) is 46.8 Å². The van der Waals surface area contributed by atoms with Crippen LogP contribution in [0.2, 0.25) is 0 Å². The molecule has 0 unspecified atom stereocenters. The van der Waals surface area contributed by atoms with E-state index < -0.39 is 17.0 Å². The molecule has 0 radical (unpaired) electrons. The molecule has 0 bridgehead atoms. The van der Waals surface area contributed by atoms with Crippen molar-refractivity contribution in [2.24, 2.45) is 7.05 Å². The molecule has 0 aliphatic heterocycles. The standard InChI is InChI=1S/C23H24FN5O3S/c1-4-19(22(32)26-16-9-7-8-15(12-16)14(2)30)33-23-28-27-20(29(23)3)13-25-21(31)17-10-5-6-11-18(17)24/h5-12,19H,4,13H2,1-3H3,(H,25,31)(H,26,32)/t19-/m0/s1. The number of anilines is 1. The second-order valence-electron chi connectivity index (χ2n) is 7.26. The Balaban J connectivity index is 1.63. The number of aromatic nitrogens is 3. The fourth-order valence-corrected chi connectivity index (χ4v) is 3.93. The summed E-state index contributed by atoms with van der Waals surface area (Å²) >= 11 is 1.24. The van der Waals surface area contributed by atoms with Gasteiger partial charge in [-0.1, -0.05) is 43.0 Å². The maximum atomic E-state index is 13.8. The number of carbonyl (C=O) groups is 3. The van der Waals surface area contributed by atoms with Gasteiger partial charge in [-0.2, -0.15) is 0 Å². The molecule has 0 spiro atoms. The lowest BCUT2D eigenvalue weighted by atomic mass is 10.1. The predicted octanol–water partition coefficient (Wildman–Crippen LogP) is 3.60. The van der Waals surface area contributed by atoms with Gasteiger partial charge < -0.3 is 15.2 Å². The topological polar surface area (TPSA) is 106 Å². The summed E-state index contributed by atoms with van der Waals surface area (Å²) < 4.78 is 15.5. The lowest BCUT2D eigenvalue weighted by Gasteiger charge is -2.14. The molecular weight excluding hydrogens is 445 g/mol. The number of Topliss-reactive ketones (excluding diaryl/α,β-unsaturated/α-hetero) is 1. The number of halogens is 1. The van der Waals surface area contributed by atoms with Gasteiger partial charge in [-0.3, -0.25) is 14.4 Å². The first-order valence-corrected chi connectivity index (χ1v) is 11.2. The highest BCUT2D eigenvalue weighted by molar-refractivity contribution is 8.00. The minimum absolute atomic E-state index is 0.0502. The molecule has 0 saturated carbocycles. The maximum absolute atomic E-state index is 13.8. The Labute approximate surface area is 195 Å². The molecule has 1 aromatic heterocycles. The molecule has 1 heterocycles. The molecule has 172 valence electrons. The Bertz CT molecular complexity index is 1180.